The van der Waals surface area contributed by atoms with Crippen LogP contribution in [0.5, 0.6) is 0 Å². The summed E-state index contributed by atoms with van der Waals surface area (Å²) in [6.45, 7) is 6.88. The lowest BCUT2D eigenvalue weighted by Crippen LogP contribution is -1.97. The van der Waals surface area contributed by atoms with Crippen LogP contribution in [0.25, 0.3) is 0 Å². The number of hydrogen-bond acceptors (Lipinski definition) is 1. The molecule has 2 N–H and O–H groups in total. The molecule has 1 atom stereocenters. The fourth-order valence-corrected chi connectivity index (χ4v) is 1.33. The van der Waals surface area contributed by atoms with E-state index in [1.165, 1.54) is 19.1 Å². The lowest BCUT2D eigenvalue weighted by atomic mass is 10.1. The Bertz CT molecular complexity index is 374. The smallest absolute Gasteiger partial charge is 0.121 e. The van der Waals surface area contributed by atoms with Crippen molar-refractivity contribution in [3.63, 3.8) is 0 Å². The maximum absolute atomic E-state index is 13.5. The topological polar surface area (TPSA) is 26.0 Å². The summed E-state index contributed by atoms with van der Waals surface area (Å²) in [6, 6.07) is 0. The van der Waals surface area contributed by atoms with Crippen molar-refractivity contribution in [2.24, 2.45) is 5.73 Å². The lowest BCUT2D eigenvalue weighted by molar-refractivity contribution is 0.429. The minimum absolute atomic E-state index is 0.357. The molecule has 0 heterocycles. The Hall–Kier alpha value is -1.38. The van der Waals surface area contributed by atoms with Crippen LogP contribution in [0, 0.1) is 0 Å². The Kier molecular flexibility index (Phi) is 8.01. The first-order valence-corrected chi connectivity index (χ1v) is 6.15. The molecule has 0 rings (SSSR count). The second-order valence-corrected chi connectivity index (χ2v) is 4.33. The summed E-state index contributed by atoms with van der Waals surface area (Å²) in [4.78, 5) is 0. The molecule has 0 spiro atoms. The van der Waals surface area contributed by atoms with Gasteiger partial charge < -0.3 is 5.73 Å². The predicted octanol–water partition coefficient (Wildman–Crippen LogP) is 4.73. The normalized spacial score (nSPS) is 17.0. The Balaban J connectivity index is 4.42. The van der Waals surface area contributed by atoms with Gasteiger partial charge in [0.15, 0.2) is 0 Å². The van der Waals surface area contributed by atoms with Crippen LogP contribution in [0.2, 0.25) is 0 Å². The van der Waals surface area contributed by atoms with Crippen LogP contribution in [0.15, 0.2) is 47.0 Å². The van der Waals surface area contributed by atoms with E-state index < -0.39 is 6.17 Å². The van der Waals surface area contributed by atoms with Crippen molar-refractivity contribution >= 4 is 0 Å². The molecule has 0 radical (unpaired) electrons. The van der Waals surface area contributed by atoms with E-state index in [4.69, 9.17) is 5.73 Å². The minimum Gasteiger partial charge on any atom is -0.399 e. The molecule has 0 saturated carbocycles. The molecule has 0 aromatic rings. The third-order valence-corrected chi connectivity index (χ3v) is 2.65. The summed E-state index contributed by atoms with van der Waals surface area (Å²) >= 11 is 0. The number of allylic oxidation sites excluding steroid dienone is 7. The number of nitrogens with two attached hydrogens (primary N) is 1. The molecule has 0 bridgehead atoms. The van der Waals surface area contributed by atoms with Gasteiger partial charge in [0.2, 0.25) is 0 Å². The van der Waals surface area contributed by atoms with Crippen LogP contribution in [0.3, 0.4) is 0 Å². The van der Waals surface area contributed by atoms with Crippen molar-refractivity contribution < 1.29 is 8.78 Å². The van der Waals surface area contributed by atoms with Gasteiger partial charge in [0.25, 0.3) is 0 Å². The quantitative estimate of drug-likeness (QED) is 0.682. The van der Waals surface area contributed by atoms with Gasteiger partial charge in [0, 0.05) is 5.70 Å². The molecule has 0 amide bonds. The molecule has 0 aromatic heterocycles. The van der Waals surface area contributed by atoms with E-state index in [0.29, 0.717) is 12.0 Å². The summed E-state index contributed by atoms with van der Waals surface area (Å²) in [5.74, 6) is -0.357. The second-order valence-electron chi connectivity index (χ2n) is 4.33. The highest BCUT2D eigenvalue weighted by Gasteiger charge is 1.99. The van der Waals surface area contributed by atoms with Gasteiger partial charge >= 0.3 is 0 Å². The molecule has 3 heteroatoms. The molecule has 0 fully saturated rings. The lowest BCUT2D eigenvalue weighted by Gasteiger charge is -2.02. The highest BCUT2D eigenvalue weighted by atomic mass is 19.1. The minimum atomic E-state index is -1.12. The SMILES string of the molecule is C/C=C(N)\C(C)=C/CC/C(C)=C(F)/C=C\C(C)F. The first kappa shape index (κ1) is 16.6. The Morgan fingerprint density at radius 2 is 1.94 bits per heavy atom. The van der Waals surface area contributed by atoms with E-state index in [0.717, 1.165) is 17.7 Å². The third-order valence-electron chi connectivity index (χ3n) is 2.65. The van der Waals surface area contributed by atoms with Crippen LogP contribution < -0.4 is 5.73 Å². The second kappa shape index (κ2) is 8.67. The predicted molar refractivity (Wildman–Crippen MR) is 74.5 cm³/mol. The van der Waals surface area contributed by atoms with E-state index in [2.05, 4.69) is 0 Å². The Morgan fingerprint density at radius 3 is 2.44 bits per heavy atom. The summed E-state index contributed by atoms with van der Waals surface area (Å²) in [5, 5.41) is 0. The van der Waals surface area contributed by atoms with Gasteiger partial charge in [-0.25, -0.2) is 8.78 Å². The molecule has 0 aliphatic heterocycles. The molecule has 0 aliphatic rings. The van der Waals surface area contributed by atoms with Crippen LogP contribution in [0.1, 0.15) is 40.5 Å². The summed E-state index contributed by atoms with van der Waals surface area (Å²) in [6.07, 6.45) is 6.41. The van der Waals surface area contributed by atoms with Gasteiger partial charge in [-0.3, -0.25) is 0 Å². The zero-order chi connectivity index (χ0) is 14.1. The van der Waals surface area contributed by atoms with Gasteiger partial charge in [-0.05, 0) is 63.8 Å². The zero-order valence-corrected chi connectivity index (χ0v) is 11.6. The number of alkyl halides is 1. The summed E-state index contributed by atoms with van der Waals surface area (Å²) < 4.78 is 26.0. The Morgan fingerprint density at radius 1 is 1.33 bits per heavy atom. The highest BCUT2D eigenvalue weighted by molar-refractivity contribution is 5.26. The zero-order valence-electron chi connectivity index (χ0n) is 11.6. The average molecular weight is 255 g/mol. The third kappa shape index (κ3) is 7.05. The van der Waals surface area contributed by atoms with Gasteiger partial charge in [-0.1, -0.05) is 12.2 Å². The van der Waals surface area contributed by atoms with Crippen molar-refractivity contribution in [2.45, 2.75) is 46.7 Å². The van der Waals surface area contributed by atoms with Gasteiger partial charge in [0.1, 0.15) is 12.0 Å². The van der Waals surface area contributed by atoms with Crippen LogP contribution >= 0.6 is 0 Å². The summed E-state index contributed by atoms with van der Waals surface area (Å²) in [7, 11) is 0. The van der Waals surface area contributed by atoms with E-state index in [1.807, 2.05) is 26.0 Å². The van der Waals surface area contributed by atoms with Gasteiger partial charge in [-0.15, -0.1) is 0 Å². The molecule has 18 heavy (non-hydrogen) atoms. The Labute approximate surface area is 109 Å². The average Bonchev–Trinajstić information content (AvgIpc) is 2.34. The number of rotatable bonds is 6. The van der Waals surface area contributed by atoms with E-state index >= 15 is 0 Å². The molecule has 1 nitrogen and oxygen atoms in total. The largest absolute Gasteiger partial charge is 0.399 e. The van der Waals surface area contributed by atoms with Crippen molar-refractivity contribution in [1.29, 1.82) is 0 Å². The molecular formula is C15H23F2N. The first-order valence-electron chi connectivity index (χ1n) is 6.15. The highest BCUT2D eigenvalue weighted by Crippen LogP contribution is 2.15. The number of halogens is 2. The number of hydrogen-bond donors (Lipinski definition) is 1. The van der Waals surface area contributed by atoms with Gasteiger partial charge in [0.05, 0.1) is 0 Å². The maximum atomic E-state index is 13.5. The first-order chi connectivity index (χ1) is 8.38. The van der Waals surface area contributed by atoms with Crippen molar-refractivity contribution in [2.75, 3.05) is 0 Å². The molecule has 0 aliphatic carbocycles. The monoisotopic (exact) mass is 255 g/mol. The molecule has 0 saturated heterocycles. The van der Waals surface area contributed by atoms with E-state index in [1.54, 1.807) is 6.92 Å². The van der Waals surface area contributed by atoms with E-state index in [-0.39, 0.29) is 5.83 Å². The summed E-state index contributed by atoms with van der Waals surface area (Å²) in [5.41, 5.74) is 8.09. The van der Waals surface area contributed by atoms with Crippen molar-refractivity contribution in [1.82, 2.24) is 0 Å². The standard InChI is InChI=1S/C15H23F2N/c1-5-15(18)12(3)8-6-7-11(2)14(17)10-9-13(4)16/h5,8-10,13H,6-7,18H2,1-4H3/b10-9-,12-8-,14-11-,15-5+. The molecule has 102 valence electrons. The van der Waals surface area contributed by atoms with Crippen molar-refractivity contribution in [3.8, 4) is 0 Å². The molecular weight excluding hydrogens is 232 g/mol. The van der Waals surface area contributed by atoms with Crippen LogP contribution in [-0.2, 0) is 0 Å². The van der Waals surface area contributed by atoms with Crippen LogP contribution in [0.4, 0.5) is 8.78 Å². The van der Waals surface area contributed by atoms with Crippen LogP contribution in [-0.4, -0.2) is 6.17 Å². The molecule has 1 unspecified atom stereocenters. The fraction of sp³-hybridized carbons (Fsp3) is 0.467. The molecule has 0 aromatic carbocycles. The maximum Gasteiger partial charge on any atom is 0.121 e. The van der Waals surface area contributed by atoms with E-state index in [9.17, 15) is 8.78 Å². The van der Waals surface area contributed by atoms with Crippen molar-refractivity contribution in [3.05, 3.63) is 47.0 Å². The fourth-order valence-electron chi connectivity index (χ4n) is 1.33. The van der Waals surface area contributed by atoms with Gasteiger partial charge in [-0.2, -0.15) is 0 Å².